The monoisotopic (exact) mass is 261 g/mol. The molecule has 3 N–H and O–H groups in total. The van der Waals surface area contributed by atoms with Crippen LogP contribution in [0.5, 0.6) is 0 Å². The van der Waals surface area contributed by atoms with Crippen molar-refractivity contribution >= 4 is 22.9 Å². The van der Waals surface area contributed by atoms with Gasteiger partial charge in [-0.05, 0) is 39.0 Å². The Hall–Kier alpha value is -2.37. The summed E-state index contributed by atoms with van der Waals surface area (Å²) in [6, 6.07) is 4.61. The number of aromatic nitrogens is 2. The molecule has 6 nitrogen and oxygen atoms in total. The van der Waals surface area contributed by atoms with E-state index in [1.807, 2.05) is 0 Å². The number of carbonyl (C=O) groups excluding carboxylic acids is 1. The lowest BCUT2D eigenvalue weighted by molar-refractivity contribution is -0.125. The Morgan fingerprint density at radius 1 is 1.37 bits per heavy atom. The minimum atomic E-state index is -1.02. The zero-order valence-electron chi connectivity index (χ0n) is 11.0. The average molecular weight is 261 g/mol. The summed E-state index contributed by atoms with van der Waals surface area (Å²) in [5.41, 5.74) is 5.81. The highest BCUT2D eigenvalue weighted by Gasteiger charge is 2.30. The van der Waals surface area contributed by atoms with Gasteiger partial charge in [0.15, 0.2) is 0 Å². The topological polar surface area (TPSA) is 98.2 Å². The number of nitrogens with two attached hydrogens (primary N) is 1. The molecule has 0 radical (unpaired) electrons. The number of primary amides is 1. The van der Waals surface area contributed by atoms with E-state index in [9.17, 15) is 9.59 Å². The van der Waals surface area contributed by atoms with Gasteiger partial charge in [0.2, 0.25) is 5.91 Å². The third-order valence-corrected chi connectivity index (χ3v) is 3.23. The molecule has 1 heterocycles. The van der Waals surface area contributed by atoms with Gasteiger partial charge in [0.05, 0.1) is 16.6 Å². The number of benzene rings is 1. The first-order valence-corrected chi connectivity index (χ1v) is 5.78. The van der Waals surface area contributed by atoms with Gasteiger partial charge in [0.1, 0.15) is 11.4 Å². The summed E-state index contributed by atoms with van der Waals surface area (Å²) in [4.78, 5) is 26.9. The smallest absolute Gasteiger partial charge is 0.335 e. The van der Waals surface area contributed by atoms with Gasteiger partial charge >= 0.3 is 5.97 Å². The van der Waals surface area contributed by atoms with Crippen molar-refractivity contribution in [1.29, 1.82) is 0 Å². The molecule has 0 spiro atoms. The molecule has 0 aliphatic heterocycles. The van der Waals surface area contributed by atoms with Crippen molar-refractivity contribution in [2.45, 2.75) is 26.3 Å². The van der Waals surface area contributed by atoms with Crippen molar-refractivity contribution in [2.24, 2.45) is 5.73 Å². The molecular weight excluding hydrogens is 246 g/mol. The summed E-state index contributed by atoms with van der Waals surface area (Å²) < 4.78 is 1.66. The van der Waals surface area contributed by atoms with E-state index in [1.165, 1.54) is 12.1 Å². The second kappa shape index (κ2) is 4.08. The molecule has 0 bridgehead atoms. The first kappa shape index (κ1) is 13.1. The van der Waals surface area contributed by atoms with Gasteiger partial charge in [0.25, 0.3) is 0 Å². The maximum atomic E-state index is 11.6. The molecule has 6 heteroatoms. The minimum absolute atomic E-state index is 0.147. The van der Waals surface area contributed by atoms with Crippen LogP contribution in [0.4, 0.5) is 0 Å². The molecule has 0 fully saturated rings. The number of carboxylic acid groups (broad SMARTS) is 1. The molecule has 0 saturated carbocycles. The molecule has 1 aromatic heterocycles. The van der Waals surface area contributed by atoms with E-state index in [-0.39, 0.29) is 5.56 Å². The second-order valence-electron chi connectivity index (χ2n) is 4.93. The third kappa shape index (κ3) is 1.95. The van der Waals surface area contributed by atoms with Crippen LogP contribution in [0.15, 0.2) is 18.2 Å². The largest absolute Gasteiger partial charge is 0.478 e. The van der Waals surface area contributed by atoms with Crippen molar-refractivity contribution in [3.05, 3.63) is 29.6 Å². The van der Waals surface area contributed by atoms with Crippen molar-refractivity contribution in [1.82, 2.24) is 9.55 Å². The lowest BCUT2D eigenvalue weighted by atomic mass is 10.0. The summed E-state index contributed by atoms with van der Waals surface area (Å²) in [6.07, 6.45) is 0. The molecular formula is C13H15N3O3. The fraction of sp³-hybridized carbons (Fsp3) is 0.308. The molecule has 0 aliphatic carbocycles. The highest BCUT2D eigenvalue weighted by atomic mass is 16.4. The summed E-state index contributed by atoms with van der Waals surface area (Å²) in [5.74, 6) is -0.916. The number of hydrogen-bond donors (Lipinski definition) is 2. The van der Waals surface area contributed by atoms with Crippen LogP contribution in [0, 0.1) is 6.92 Å². The average Bonchev–Trinajstić information content (AvgIpc) is 2.63. The van der Waals surface area contributed by atoms with Gasteiger partial charge in [-0.25, -0.2) is 9.78 Å². The fourth-order valence-electron chi connectivity index (χ4n) is 2.14. The number of carboxylic acids is 1. The zero-order valence-corrected chi connectivity index (χ0v) is 11.0. The Morgan fingerprint density at radius 3 is 2.53 bits per heavy atom. The van der Waals surface area contributed by atoms with Gasteiger partial charge in [-0.3, -0.25) is 4.79 Å². The van der Waals surface area contributed by atoms with Crippen molar-refractivity contribution in [3.8, 4) is 0 Å². The molecule has 2 aromatic rings. The number of carbonyl (C=O) groups is 2. The van der Waals surface area contributed by atoms with Crippen LogP contribution in [0.25, 0.3) is 11.0 Å². The highest BCUT2D eigenvalue weighted by Crippen LogP contribution is 2.26. The Labute approximate surface area is 109 Å². The molecule has 0 aliphatic rings. The first-order chi connectivity index (χ1) is 8.75. The van der Waals surface area contributed by atoms with Gasteiger partial charge in [0, 0.05) is 0 Å². The summed E-state index contributed by atoms with van der Waals surface area (Å²) in [6.45, 7) is 5.11. The number of aryl methyl sites for hydroxylation is 1. The standard InChI is InChI=1S/C13H15N3O3/c1-7-15-9-5-4-8(11(17)18)6-10(9)16(7)13(2,3)12(14)19/h4-6H,1-3H3,(H2,14,19)(H,17,18). The van der Waals surface area contributed by atoms with Gasteiger partial charge < -0.3 is 15.4 Å². The number of hydrogen-bond acceptors (Lipinski definition) is 3. The highest BCUT2D eigenvalue weighted by molar-refractivity contribution is 5.93. The maximum Gasteiger partial charge on any atom is 0.335 e. The number of rotatable bonds is 3. The van der Waals surface area contributed by atoms with Crippen LogP contribution in [0.2, 0.25) is 0 Å². The lowest BCUT2D eigenvalue weighted by Gasteiger charge is -2.25. The molecule has 1 aromatic carbocycles. The number of nitrogens with zero attached hydrogens (tertiary/aromatic N) is 2. The van der Waals surface area contributed by atoms with Crippen LogP contribution in [0.1, 0.15) is 30.0 Å². The zero-order chi connectivity index (χ0) is 14.4. The minimum Gasteiger partial charge on any atom is -0.478 e. The van der Waals surface area contributed by atoms with E-state index >= 15 is 0 Å². The van der Waals surface area contributed by atoms with Crippen LogP contribution < -0.4 is 5.73 Å². The van der Waals surface area contributed by atoms with Crippen molar-refractivity contribution in [2.75, 3.05) is 0 Å². The Bertz CT molecular complexity index is 686. The van der Waals surface area contributed by atoms with Crippen molar-refractivity contribution in [3.63, 3.8) is 0 Å². The van der Waals surface area contributed by atoms with Gasteiger partial charge in [-0.2, -0.15) is 0 Å². The molecule has 2 rings (SSSR count). The Morgan fingerprint density at radius 2 is 2.00 bits per heavy atom. The van der Waals surface area contributed by atoms with Crippen LogP contribution in [-0.4, -0.2) is 26.5 Å². The normalized spacial score (nSPS) is 11.7. The van der Waals surface area contributed by atoms with Crippen molar-refractivity contribution < 1.29 is 14.7 Å². The molecule has 1 amide bonds. The molecule has 0 atom stereocenters. The van der Waals surface area contributed by atoms with Gasteiger partial charge in [-0.1, -0.05) is 0 Å². The number of amides is 1. The van der Waals surface area contributed by atoms with E-state index in [1.54, 1.807) is 31.4 Å². The second-order valence-corrected chi connectivity index (χ2v) is 4.93. The van der Waals surface area contributed by atoms with Gasteiger partial charge in [-0.15, -0.1) is 0 Å². The predicted molar refractivity (Wildman–Crippen MR) is 69.9 cm³/mol. The van der Waals surface area contributed by atoms with E-state index < -0.39 is 17.4 Å². The third-order valence-electron chi connectivity index (χ3n) is 3.23. The van der Waals surface area contributed by atoms with E-state index in [0.29, 0.717) is 16.9 Å². The molecule has 0 saturated heterocycles. The molecule has 0 unspecified atom stereocenters. The number of aromatic carboxylic acids is 1. The van der Waals surface area contributed by atoms with E-state index in [2.05, 4.69) is 4.98 Å². The van der Waals surface area contributed by atoms with Crippen LogP contribution in [0.3, 0.4) is 0 Å². The fourth-order valence-corrected chi connectivity index (χ4v) is 2.14. The molecule has 100 valence electrons. The van der Waals surface area contributed by atoms with Crippen LogP contribution >= 0.6 is 0 Å². The quantitative estimate of drug-likeness (QED) is 0.869. The number of fused-ring (bicyclic) bond motifs is 1. The van der Waals surface area contributed by atoms with E-state index in [0.717, 1.165) is 0 Å². The SMILES string of the molecule is Cc1nc2ccc(C(=O)O)cc2n1C(C)(C)C(N)=O. The van der Waals surface area contributed by atoms with Crippen LogP contribution in [-0.2, 0) is 10.3 Å². The summed E-state index contributed by atoms with van der Waals surface area (Å²) >= 11 is 0. The first-order valence-electron chi connectivity index (χ1n) is 5.78. The summed E-state index contributed by atoms with van der Waals surface area (Å²) in [7, 11) is 0. The maximum absolute atomic E-state index is 11.6. The summed E-state index contributed by atoms with van der Waals surface area (Å²) in [5, 5.41) is 9.03. The number of imidazole rings is 1. The van der Waals surface area contributed by atoms with E-state index in [4.69, 9.17) is 10.8 Å². The lowest BCUT2D eigenvalue weighted by Crippen LogP contribution is -2.41. The Balaban J connectivity index is 2.79. The Kier molecular flexibility index (Phi) is 2.81. The molecule has 19 heavy (non-hydrogen) atoms. The predicted octanol–water partition coefficient (Wildman–Crippen LogP) is 1.26.